The number of amides is 2. The minimum absolute atomic E-state index is 0.0471. The molecular weight excluding hydrogens is 454 g/mol. The molecule has 3 rings (SSSR count). The molecule has 9 heteroatoms. The van der Waals surface area contributed by atoms with Gasteiger partial charge in [0, 0.05) is 25.6 Å². The second-order valence-corrected chi connectivity index (χ2v) is 10.2. The van der Waals surface area contributed by atoms with Crippen molar-refractivity contribution in [3.8, 4) is 5.75 Å². The van der Waals surface area contributed by atoms with Crippen LogP contribution in [0.2, 0.25) is 0 Å². The van der Waals surface area contributed by atoms with E-state index in [9.17, 15) is 18.0 Å². The summed E-state index contributed by atoms with van der Waals surface area (Å²) < 4.78 is 32.5. The van der Waals surface area contributed by atoms with Gasteiger partial charge in [-0.05, 0) is 68.5 Å². The number of carbonyl (C=O) groups excluding carboxylic acids is 2. The van der Waals surface area contributed by atoms with Crippen LogP contribution in [0.25, 0.3) is 0 Å². The van der Waals surface area contributed by atoms with Crippen LogP contribution < -0.4 is 14.8 Å². The maximum atomic E-state index is 13.2. The first-order valence-corrected chi connectivity index (χ1v) is 13.0. The summed E-state index contributed by atoms with van der Waals surface area (Å²) in [5.74, 6) is 0.361. The van der Waals surface area contributed by atoms with Crippen molar-refractivity contribution < 1.29 is 22.7 Å². The van der Waals surface area contributed by atoms with E-state index in [1.54, 1.807) is 43.2 Å². The largest absolute Gasteiger partial charge is 0.497 e. The smallest absolute Gasteiger partial charge is 0.242 e. The normalized spacial score (nSPS) is 14.3. The molecule has 2 N–H and O–H groups in total. The SMILES string of the molecule is CCNC(=O)[C@@H](C)N(Cc1ccc(OC)cc1)C(=O)CCc1ccc(S(=O)(=O)NC2CC2)cc1. The summed E-state index contributed by atoms with van der Waals surface area (Å²) in [6, 6.07) is 13.4. The maximum absolute atomic E-state index is 13.2. The van der Waals surface area contributed by atoms with Gasteiger partial charge >= 0.3 is 0 Å². The zero-order valence-electron chi connectivity index (χ0n) is 19.9. The van der Waals surface area contributed by atoms with Crippen LogP contribution in [0.15, 0.2) is 53.4 Å². The van der Waals surface area contributed by atoms with E-state index in [-0.39, 0.29) is 29.2 Å². The Morgan fingerprint density at radius 3 is 2.24 bits per heavy atom. The molecule has 1 saturated carbocycles. The number of nitrogens with zero attached hydrogens (tertiary/aromatic N) is 1. The summed E-state index contributed by atoms with van der Waals surface area (Å²) >= 11 is 0. The molecule has 1 aliphatic carbocycles. The molecule has 0 aromatic heterocycles. The van der Waals surface area contributed by atoms with Gasteiger partial charge in [-0.2, -0.15) is 0 Å². The number of rotatable bonds is 12. The van der Waals surface area contributed by atoms with E-state index >= 15 is 0 Å². The van der Waals surface area contributed by atoms with E-state index < -0.39 is 16.1 Å². The average molecular weight is 488 g/mol. The van der Waals surface area contributed by atoms with Crippen molar-refractivity contribution in [2.75, 3.05) is 13.7 Å². The van der Waals surface area contributed by atoms with Crippen LogP contribution in [0, 0.1) is 0 Å². The minimum Gasteiger partial charge on any atom is -0.497 e. The summed E-state index contributed by atoms with van der Waals surface area (Å²) in [5, 5.41) is 2.78. The molecule has 0 aliphatic heterocycles. The van der Waals surface area contributed by atoms with E-state index in [0.717, 1.165) is 29.7 Å². The Kier molecular flexibility index (Phi) is 8.68. The van der Waals surface area contributed by atoms with Crippen LogP contribution in [-0.2, 0) is 32.6 Å². The molecule has 184 valence electrons. The standard InChI is InChI=1S/C25H33N3O5S/c1-4-26-25(30)18(2)28(17-20-5-12-22(33-3)13-6-20)24(29)16-9-19-7-14-23(15-8-19)34(31,32)27-21-10-11-21/h5-8,12-15,18,21,27H,4,9-11,16-17H2,1-3H3,(H,26,30)/t18-/m1/s1. The molecule has 0 spiro atoms. The van der Waals surface area contributed by atoms with E-state index in [2.05, 4.69) is 10.0 Å². The van der Waals surface area contributed by atoms with Gasteiger partial charge in [-0.1, -0.05) is 24.3 Å². The Balaban J connectivity index is 1.66. The van der Waals surface area contributed by atoms with Gasteiger partial charge in [0.2, 0.25) is 21.8 Å². The second-order valence-electron chi connectivity index (χ2n) is 8.48. The van der Waals surface area contributed by atoms with Crippen molar-refractivity contribution in [2.24, 2.45) is 0 Å². The zero-order valence-corrected chi connectivity index (χ0v) is 20.7. The Labute approximate surface area is 201 Å². The van der Waals surface area contributed by atoms with Gasteiger partial charge in [-0.15, -0.1) is 0 Å². The van der Waals surface area contributed by atoms with Gasteiger partial charge in [0.05, 0.1) is 12.0 Å². The van der Waals surface area contributed by atoms with E-state index in [1.165, 1.54) is 0 Å². The van der Waals surface area contributed by atoms with Gasteiger partial charge in [0.1, 0.15) is 11.8 Å². The van der Waals surface area contributed by atoms with E-state index in [0.29, 0.717) is 19.5 Å². The van der Waals surface area contributed by atoms with Crippen LogP contribution >= 0.6 is 0 Å². The third-order valence-corrected chi connectivity index (χ3v) is 7.33. The van der Waals surface area contributed by atoms with Crippen molar-refractivity contribution in [1.82, 2.24) is 14.9 Å². The third kappa shape index (κ3) is 7.04. The second kappa shape index (κ2) is 11.5. The number of likely N-dealkylation sites (N-methyl/N-ethyl adjacent to an activating group) is 1. The predicted molar refractivity (Wildman–Crippen MR) is 130 cm³/mol. The molecule has 2 aromatic rings. The summed E-state index contributed by atoms with van der Waals surface area (Å²) in [6.45, 7) is 4.34. The quantitative estimate of drug-likeness (QED) is 0.479. The van der Waals surface area contributed by atoms with Gasteiger partial charge < -0.3 is 15.0 Å². The number of nitrogens with one attached hydrogen (secondary N) is 2. The number of benzene rings is 2. The summed E-state index contributed by atoms with van der Waals surface area (Å²) in [5.41, 5.74) is 1.75. The number of methoxy groups -OCH3 is 1. The summed E-state index contributed by atoms with van der Waals surface area (Å²) in [6.07, 6.45) is 2.39. The molecule has 34 heavy (non-hydrogen) atoms. The lowest BCUT2D eigenvalue weighted by molar-refractivity contribution is -0.140. The van der Waals surface area contributed by atoms with E-state index in [4.69, 9.17) is 4.74 Å². The van der Waals surface area contributed by atoms with Crippen molar-refractivity contribution in [1.29, 1.82) is 0 Å². The monoisotopic (exact) mass is 487 g/mol. The van der Waals surface area contributed by atoms with Crippen LogP contribution in [0.1, 0.15) is 44.2 Å². The minimum atomic E-state index is -3.50. The zero-order chi connectivity index (χ0) is 24.7. The Hall–Kier alpha value is -2.91. The van der Waals surface area contributed by atoms with Gasteiger partial charge in [-0.25, -0.2) is 13.1 Å². The summed E-state index contributed by atoms with van der Waals surface area (Å²) in [7, 11) is -1.91. The molecule has 0 saturated heterocycles. The molecule has 8 nitrogen and oxygen atoms in total. The first-order valence-electron chi connectivity index (χ1n) is 11.5. The number of sulfonamides is 1. The maximum Gasteiger partial charge on any atom is 0.242 e. The van der Waals surface area contributed by atoms with Crippen molar-refractivity contribution in [3.63, 3.8) is 0 Å². The van der Waals surface area contributed by atoms with Gasteiger partial charge in [0.25, 0.3) is 0 Å². The first-order chi connectivity index (χ1) is 16.2. The highest BCUT2D eigenvalue weighted by molar-refractivity contribution is 7.89. The van der Waals surface area contributed by atoms with E-state index in [1.807, 2.05) is 31.2 Å². The highest BCUT2D eigenvalue weighted by atomic mass is 32.2. The fourth-order valence-corrected chi connectivity index (χ4v) is 4.86. The molecule has 1 fully saturated rings. The number of ether oxygens (including phenoxy) is 1. The van der Waals surface area contributed by atoms with Crippen molar-refractivity contribution >= 4 is 21.8 Å². The third-order valence-electron chi connectivity index (χ3n) is 5.79. The molecule has 1 atom stereocenters. The number of hydrogen-bond donors (Lipinski definition) is 2. The lowest BCUT2D eigenvalue weighted by Gasteiger charge is -2.29. The van der Waals surface area contributed by atoms with Crippen molar-refractivity contribution in [2.45, 2.75) is 63.1 Å². The lowest BCUT2D eigenvalue weighted by Crippen LogP contribution is -2.47. The van der Waals surface area contributed by atoms with Gasteiger partial charge in [0.15, 0.2) is 0 Å². The summed E-state index contributed by atoms with van der Waals surface area (Å²) in [4.78, 5) is 27.4. The van der Waals surface area contributed by atoms with Crippen LogP contribution in [0.5, 0.6) is 5.75 Å². The van der Waals surface area contributed by atoms with Crippen LogP contribution in [-0.4, -0.2) is 50.9 Å². The fourth-order valence-electron chi connectivity index (χ4n) is 3.55. The Morgan fingerprint density at radius 1 is 1.06 bits per heavy atom. The number of aryl methyl sites for hydroxylation is 1. The average Bonchev–Trinajstić information content (AvgIpc) is 3.64. The fraction of sp³-hybridized carbons (Fsp3) is 0.440. The van der Waals surface area contributed by atoms with Crippen LogP contribution in [0.4, 0.5) is 0 Å². The predicted octanol–water partition coefficient (Wildman–Crippen LogP) is 2.62. The van der Waals surface area contributed by atoms with Gasteiger partial charge in [-0.3, -0.25) is 9.59 Å². The molecule has 2 amide bonds. The molecule has 0 radical (unpaired) electrons. The molecule has 2 aromatic carbocycles. The Bertz CT molecular complexity index is 1080. The highest BCUT2D eigenvalue weighted by Crippen LogP contribution is 2.22. The molecule has 0 heterocycles. The number of carbonyl (C=O) groups is 2. The molecular formula is C25H33N3O5S. The highest BCUT2D eigenvalue weighted by Gasteiger charge is 2.28. The topological polar surface area (TPSA) is 105 Å². The van der Waals surface area contributed by atoms with Crippen molar-refractivity contribution in [3.05, 3.63) is 59.7 Å². The molecule has 1 aliphatic rings. The molecule has 0 bridgehead atoms. The molecule has 0 unspecified atom stereocenters. The first kappa shape index (κ1) is 25.7. The Morgan fingerprint density at radius 2 is 1.68 bits per heavy atom. The number of hydrogen-bond acceptors (Lipinski definition) is 5. The lowest BCUT2D eigenvalue weighted by atomic mass is 10.1. The van der Waals surface area contributed by atoms with Crippen LogP contribution in [0.3, 0.4) is 0 Å².